The monoisotopic (exact) mass is 834 g/mol. The van der Waals surface area contributed by atoms with Crippen LogP contribution in [0, 0.1) is 17.6 Å². The molecule has 3 aromatic carbocycles. The van der Waals surface area contributed by atoms with Gasteiger partial charge < -0.3 is 10.1 Å². The van der Waals surface area contributed by atoms with Gasteiger partial charge in [-0.3, -0.25) is 28.2 Å². The minimum absolute atomic E-state index is 0.00135. The Balaban J connectivity index is 1.33. The van der Waals surface area contributed by atoms with E-state index in [1.165, 1.54) is 49.2 Å². The minimum Gasteiger partial charge on any atom is -0.497 e. The highest BCUT2D eigenvalue weighted by Gasteiger charge is 2.67. The van der Waals surface area contributed by atoms with E-state index in [0.29, 0.717) is 10.7 Å². The number of anilines is 1. The lowest BCUT2D eigenvalue weighted by Crippen LogP contribution is -2.38. The molecular weight excluding hydrogens is 806 g/mol. The molecule has 2 aliphatic rings. The molecule has 57 heavy (non-hydrogen) atoms. The Morgan fingerprint density at radius 3 is 2.47 bits per heavy atom. The zero-order valence-electron chi connectivity index (χ0n) is 29.8. The molecule has 298 valence electrons. The summed E-state index contributed by atoms with van der Waals surface area (Å²) < 4.78 is 123. The first-order chi connectivity index (χ1) is 26.9. The number of carbonyl (C=O) groups excluding carboxylic acids is 1. The second-order valence-electron chi connectivity index (χ2n) is 13.9. The van der Waals surface area contributed by atoms with Gasteiger partial charge in [0.25, 0.3) is 17.9 Å². The van der Waals surface area contributed by atoms with E-state index in [-0.39, 0.29) is 67.5 Å². The molecule has 3 atom stereocenters. The summed E-state index contributed by atoms with van der Waals surface area (Å²) in [6.07, 6.45) is -2.74. The van der Waals surface area contributed by atoms with Gasteiger partial charge in [-0.1, -0.05) is 11.6 Å². The summed E-state index contributed by atoms with van der Waals surface area (Å²) in [4.78, 5) is 33.4. The van der Waals surface area contributed by atoms with Crippen molar-refractivity contribution >= 4 is 55.2 Å². The van der Waals surface area contributed by atoms with Gasteiger partial charge >= 0.3 is 0 Å². The first-order valence-electron chi connectivity index (χ1n) is 17.1. The second-order valence-corrected chi connectivity index (χ2v) is 16.1. The number of aromatic nitrogens is 6. The summed E-state index contributed by atoms with van der Waals surface area (Å²) in [5.41, 5.74) is -2.50. The smallest absolute Gasteiger partial charge is 0.293 e. The van der Waals surface area contributed by atoms with Crippen molar-refractivity contribution < 1.29 is 44.3 Å². The average Bonchev–Trinajstić information content (AvgIpc) is 3.66. The molecule has 1 saturated carbocycles. The summed E-state index contributed by atoms with van der Waals surface area (Å²) in [5.74, 6) is -8.70. The number of alkyl halides is 4. The Morgan fingerprint density at radius 2 is 1.81 bits per heavy atom. The van der Waals surface area contributed by atoms with Gasteiger partial charge in [-0.05, 0) is 60.4 Å². The second kappa shape index (κ2) is 13.5. The summed E-state index contributed by atoms with van der Waals surface area (Å²) in [5, 5.41) is 10.7. The van der Waals surface area contributed by atoms with E-state index in [2.05, 4.69) is 20.2 Å². The number of hydrogen-bond acceptors (Lipinski definition) is 8. The maximum atomic E-state index is 15.4. The van der Waals surface area contributed by atoms with E-state index in [0.717, 1.165) is 23.0 Å². The van der Waals surface area contributed by atoms with Gasteiger partial charge in [-0.25, -0.2) is 31.0 Å². The molecule has 2 aliphatic carbocycles. The number of aryl methyl sites for hydroxylation is 1. The van der Waals surface area contributed by atoms with Gasteiger partial charge in [0.2, 0.25) is 15.9 Å². The van der Waals surface area contributed by atoms with Crippen LogP contribution in [-0.4, -0.2) is 56.8 Å². The molecule has 2 N–H and O–H groups in total. The highest BCUT2D eigenvalue weighted by atomic mass is 35.5. The lowest BCUT2D eigenvalue weighted by atomic mass is 10.0. The lowest BCUT2D eigenvalue weighted by molar-refractivity contribution is -0.123. The number of nitrogens with one attached hydrogen (secondary N) is 2. The van der Waals surface area contributed by atoms with Crippen LogP contribution in [0.25, 0.3) is 27.5 Å². The zero-order valence-corrected chi connectivity index (χ0v) is 31.4. The van der Waals surface area contributed by atoms with Crippen molar-refractivity contribution in [2.24, 2.45) is 13.0 Å². The number of benzene rings is 3. The summed E-state index contributed by atoms with van der Waals surface area (Å²) >= 11 is 6.57. The Morgan fingerprint density at radius 1 is 1.09 bits per heavy atom. The van der Waals surface area contributed by atoms with E-state index in [9.17, 15) is 35.6 Å². The zero-order chi connectivity index (χ0) is 40.9. The summed E-state index contributed by atoms with van der Waals surface area (Å²) in [7, 11) is -1.08. The van der Waals surface area contributed by atoms with Crippen molar-refractivity contribution in [2.45, 2.75) is 43.7 Å². The lowest BCUT2D eigenvalue weighted by Gasteiger charge is -2.24. The van der Waals surface area contributed by atoms with Gasteiger partial charge in [0, 0.05) is 31.0 Å². The van der Waals surface area contributed by atoms with Gasteiger partial charge in [0.05, 0.1) is 51.9 Å². The summed E-state index contributed by atoms with van der Waals surface area (Å²) in [6.45, 7) is -0.972. The van der Waals surface area contributed by atoms with Crippen LogP contribution < -0.4 is 20.3 Å². The number of halogens is 7. The molecule has 21 heteroatoms. The van der Waals surface area contributed by atoms with E-state index >= 15 is 8.78 Å². The summed E-state index contributed by atoms with van der Waals surface area (Å²) in [6, 6.07) is 8.20. The van der Waals surface area contributed by atoms with Crippen LogP contribution in [0.2, 0.25) is 5.02 Å². The third-order valence-electron chi connectivity index (χ3n) is 10.0. The number of nitrogens with zero attached hydrogens (tertiary/aromatic N) is 6. The molecule has 0 bridgehead atoms. The van der Waals surface area contributed by atoms with Crippen molar-refractivity contribution in [1.82, 2.24) is 34.4 Å². The predicted octanol–water partition coefficient (Wildman–Crippen LogP) is 6.03. The quantitative estimate of drug-likeness (QED) is 0.150. The van der Waals surface area contributed by atoms with Gasteiger partial charge in [0.15, 0.2) is 5.82 Å². The number of carbonyl (C=O) groups is 1. The van der Waals surface area contributed by atoms with E-state index < -0.39 is 87.7 Å². The SMILES string of the molecule is COc1ccc2nc([C@H](Cc3cc(F)cc(F)c3)NC(=O)Cn3nc(C(F)F)c4c3C(F)(F)[C@@H]3C[C@H]43)n(-c3ccc(Cl)c4c(NS(C)(=O)=O)nn(C)c34)c(=O)c2c1. The van der Waals surface area contributed by atoms with Crippen LogP contribution in [-0.2, 0) is 40.8 Å². The molecule has 6 aromatic rings. The topological polar surface area (TPSA) is 155 Å². The highest BCUT2D eigenvalue weighted by Crippen LogP contribution is 2.68. The van der Waals surface area contributed by atoms with E-state index in [1.54, 1.807) is 0 Å². The largest absolute Gasteiger partial charge is 0.497 e. The number of fused-ring (bicyclic) bond motifs is 5. The average molecular weight is 835 g/mol. The molecule has 0 unspecified atom stereocenters. The van der Waals surface area contributed by atoms with Crippen molar-refractivity contribution in [2.75, 3.05) is 18.1 Å². The molecule has 0 spiro atoms. The van der Waals surface area contributed by atoms with Crippen LogP contribution in [0.3, 0.4) is 0 Å². The molecule has 0 aliphatic heterocycles. The van der Waals surface area contributed by atoms with E-state index in [1.807, 2.05) is 0 Å². The molecule has 8 rings (SSSR count). The number of amides is 1. The first kappa shape index (κ1) is 38.3. The van der Waals surface area contributed by atoms with Crippen LogP contribution in [0.5, 0.6) is 5.75 Å². The van der Waals surface area contributed by atoms with Crippen LogP contribution in [0.4, 0.5) is 32.2 Å². The van der Waals surface area contributed by atoms with Crippen molar-refractivity contribution in [3.8, 4) is 11.4 Å². The first-order valence-corrected chi connectivity index (χ1v) is 19.4. The maximum absolute atomic E-state index is 15.4. The molecule has 3 aromatic heterocycles. The number of methoxy groups -OCH3 is 1. The number of rotatable bonds is 11. The molecule has 0 radical (unpaired) electrons. The van der Waals surface area contributed by atoms with Gasteiger partial charge in [0.1, 0.15) is 41.1 Å². The standard InChI is InChI=1S/C36H29ClF6N8O5S/c1-49-30-25(7-5-22(37)28(30)33(47-49)48-57(3,54)55)51-34(45-23-6-4-18(56-2)12-20(23)35(51)53)24(10-15-8-16(38)11-17(39)9-15)44-26(52)14-50-31-27(29(46-50)32(40)41)19-13-21(19)36(31,42)43/h4-9,11-12,19,21,24,32H,10,13-14H2,1-3H3,(H,44,52)(H,47,48)/t19-,21+,24-/m0/s1. The third kappa shape index (κ3) is 6.63. The molecule has 13 nitrogen and oxygen atoms in total. The van der Waals surface area contributed by atoms with Crippen LogP contribution in [0.15, 0.2) is 53.3 Å². The molecule has 1 fully saturated rings. The van der Waals surface area contributed by atoms with Gasteiger partial charge in [-0.2, -0.15) is 19.0 Å². The molecule has 1 amide bonds. The fourth-order valence-electron chi connectivity index (χ4n) is 7.69. The molecule has 3 heterocycles. The van der Waals surface area contributed by atoms with Crippen molar-refractivity contribution in [1.29, 1.82) is 0 Å². The number of ether oxygens (including phenoxy) is 1. The Kier molecular flexibility index (Phi) is 9.06. The van der Waals surface area contributed by atoms with E-state index in [4.69, 9.17) is 21.3 Å². The van der Waals surface area contributed by atoms with Crippen molar-refractivity contribution in [3.05, 3.63) is 104 Å². The van der Waals surface area contributed by atoms with Crippen LogP contribution >= 0.6 is 11.6 Å². The predicted molar refractivity (Wildman–Crippen MR) is 195 cm³/mol. The van der Waals surface area contributed by atoms with Crippen molar-refractivity contribution in [3.63, 3.8) is 0 Å². The van der Waals surface area contributed by atoms with Crippen LogP contribution in [0.1, 0.15) is 53.1 Å². The third-order valence-corrected chi connectivity index (χ3v) is 10.9. The minimum atomic E-state index is -3.90. The Bertz CT molecular complexity index is 2830. The fraction of sp³-hybridized carbons (Fsp3) is 0.306. The normalized spacial score (nSPS) is 17.5. The molecular formula is C36H29ClF6N8O5S. The Labute approximate surface area is 323 Å². The highest BCUT2D eigenvalue weighted by molar-refractivity contribution is 7.92. The maximum Gasteiger partial charge on any atom is 0.293 e. The number of sulfonamides is 1. The number of hydrogen-bond donors (Lipinski definition) is 2. The fourth-order valence-corrected chi connectivity index (χ4v) is 8.42. The van der Waals surface area contributed by atoms with Gasteiger partial charge in [-0.15, -0.1) is 0 Å². The molecule has 0 saturated heterocycles. The Hall–Kier alpha value is -5.63.